The molecule has 1 aliphatic heterocycles. The van der Waals surface area contributed by atoms with Crippen molar-refractivity contribution in [2.24, 2.45) is 11.3 Å². The number of benzene rings is 2. The Balaban J connectivity index is 1.57. The number of aliphatic hydroxyl groups is 1. The number of rotatable bonds is 13. The molecule has 2 aromatic heterocycles. The lowest BCUT2D eigenvalue weighted by Gasteiger charge is -2.34. The van der Waals surface area contributed by atoms with E-state index < -0.39 is 35.0 Å². The van der Waals surface area contributed by atoms with Crippen LogP contribution >= 0.6 is 0 Å². The number of piperidine rings is 1. The molecule has 4 aromatic rings. The number of aliphatic hydroxyl groups excluding tert-OH is 1. The molecule has 0 bridgehead atoms. The average molecular weight is 741 g/mol. The molecule has 1 fully saturated rings. The second kappa shape index (κ2) is 16.7. The van der Waals surface area contributed by atoms with Gasteiger partial charge in [0.25, 0.3) is 0 Å². The number of aliphatic carboxylic acids is 1. The van der Waals surface area contributed by atoms with Gasteiger partial charge in [-0.25, -0.2) is 4.79 Å². The maximum atomic E-state index is 13.9. The van der Waals surface area contributed by atoms with Gasteiger partial charge < -0.3 is 34.5 Å². The summed E-state index contributed by atoms with van der Waals surface area (Å²) in [6.45, 7) is 14.8. The largest absolute Gasteiger partial charge is 0.481 e. The second-order valence-electron chi connectivity index (χ2n) is 16.2. The summed E-state index contributed by atoms with van der Waals surface area (Å²) in [6.07, 6.45) is 2.75. The Hall–Kier alpha value is -4.74. The van der Waals surface area contributed by atoms with Crippen LogP contribution in [0.25, 0.3) is 33.3 Å². The number of carbonyl (C=O) groups is 3. The SMILES string of the molecule is CCn1c(-c2cccnc2[C@H](C)OC)c(CC(C)(C)CO)c2cc(-c3cccc(C[C@H](NC(=O)OC(C)(C)C)C(=O)N4CCC[C@@H](C(=O)O)C4)c3)ccc21. The van der Waals surface area contributed by atoms with Gasteiger partial charge in [0, 0.05) is 62.4 Å². The van der Waals surface area contributed by atoms with Crippen LogP contribution in [0.3, 0.4) is 0 Å². The number of aromatic nitrogens is 2. The van der Waals surface area contributed by atoms with Crippen LogP contribution in [0.1, 0.15) is 84.2 Å². The van der Waals surface area contributed by atoms with E-state index in [0.717, 1.165) is 56.7 Å². The Morgan fingerprint density at radius 3 is 2.44 bits per heavy atom. The molecule has 2 amide bonds. The van der Waals surface area contributed by atoms with Gasteiger partial charge in [0.15, 0.2) is 0 Å². The molecule has 2 aromatic carbocycles. The predicted molar refractivity (Wildman–Crippen MR) is 210 cm³/mol. The van der Waals surface area contributed by atoms with E-state index in [1.165, 1.54) is 0 Å². The van der Waals surface area contributed by atoms with Gasteiger partial charge >= 0.3 is 12.1 Å². The minimum Gasteiger partial charge on any atom is -0.481 e. The summed E-state index contributed by atoms with van der Waals surface area (Å²) in [5, 5.41) is 23.9. The highest BCUT2D eigenvalue weighted by molar-refractivity contribution is 5.95. The number of methoxy groups -OCH3 is 1. The van der Waals surface area contributed by atoms with Crippen LogP contribution in [0.4, 0.5) is 4.79 Å². The van der Waals surface area contributed by atoms with E-state index in [0.29, 0.717) is 25.8 Å². The van der Waals surface area contributed by atoms with Crippen molar-refractivity contribution in [2.75, 3.05) is 26.8 Å². The number of fused-ring (bicyclic) bond motifs is 1. The molecule has 3 N–H and O–H groups in total. The quantitative estimate of drug-likeness (QED) is 0.129. The van der Waals surface area contributed by atoms with Crippen LogP contribution in [0.15, 0.2) is 60.8 Å². The third-order valence-electron chi connectivity index (χ3n) is 10.2. The maximum absolute atomic E-state index is 13.9. The van der Waals surface area contributed by atoms with Crippen LogP contribution in [-0.4, -0.2) is 81.1 Å². The van der Waals surface area contributed by atoms with Crippen molar-refractivity contribution >= 4 is 28.9 Å². The summed E-state index contributed by atoms with van der Waals surface area (Å²) in [6, 6.07) is 17.4. The van der Waals surface area contributed by atoms with Gasteiger partial charge in [-0.15, -0.1) is 0 Å². The van der Waals surface area contributed by atoms with Crippen molar-refractivity contribution in [2.45, 2.75) is 98.4 Å². The number of carboxylic acids is 1. The van der Waals surface area contributed by atoms with Gasteiger partial charge in [0.05, 0.1) is 23.4 Å². The molecule has 3 atom stereocenters. The summed E-state index contributed by atoms with van der Waals surface area (Å²) in [5.41, 5.74) is 6.68. The van der Waals surface area contributed by atoms with Crippen LogP contribution < -0.4 is 5.32 Å². The summed E-state index contributed by atoms with van der Waals surface area (Å²) < 4.78 is 13.6. The Labute approximate surface area is 318 Å². The fourth-order valence-corrected chi connectivity index (χ4v) is 7.37. The molecule has 0 spiro atoms. The molecule has 5 rings (SSSR count). The number of nitrogens with zero attached hydrogens (tertiary/aromatic N) is 3. The third-order valence-corrected chi connectivity index (χ3v) is 10.2. The van der Waals surface area contributed by atoms with E-state index in [-0.39, 0.29) is 31.6 Å². The summed E-state index contributed by atoms with van der Waals surface area (Å²) in [7, 11) is 1.68. The number of carboxylic acid groups (broad SMARTS) is 1. The van der Waals surface area contributed by atoms with Gasteiger partial charge in [-0.3, -0.25) is 14.6 Å². The van der Waals surface area contributed by atoms with E-state index >= 15 is 0 Å². The van der Waals surface area contributed by atoms with Gasteiger partial charge in [0.1, 0.15) is 11.6 Å². The van der Waals surface area contributed by atoms with Crippen molar-refractivity contribution in [3.8, 4) is 22.4 Å². The standard InChI is InChI=1S/C43H56N4O7/c1-9-47-36-18-17-30(23-33(36)34(24-43(6,7)26-48)38(47)32-16-11-19-44-37(32)27(2)53-8)29-14-10-13-28(21-29)22-35(45-41(52)54-42(3,4)5)39(49)46-20-12-15-31(25-46)40(50)51/h10-11,13-14,16-19,21,23,27,31,35,48H,9,12,15,20,22,24-26H2,1-8H3,(H,45,52)(H,50,51)/t27-,31+,35-/m0/s1. The van der Waals surface area contributed by atoms with Crippen molar-refractivity contribution in [1.29, 1.82) is 0 Å². The van der Waals surface area contributed by atoms with E-state index in [1.54, 1.807) is 39.0 Å². The lowest BCUT2D eigenvalue weighted by Crippen LogP contribution is -2.53. The number of alkyl carbamates (subject to hydrolysis) is 1. The zero-order valence-electron chi connectivity index (χ0n) is 32.9. The molecule has 11 heteroatoms. The van der Waals surface area contributed by atoms with Crippen LogP contribution in [0, 0.1) is 11.3 Å². The van der Waals surface area contributed by atoms with E-state index in [2.05, 4.69) is 54.9 Å². The maximum Gasteiger partial charge on any atom is 0.408 e. The molecule has 1 aliphatic rings. The van der Waals surface area contributed by atoms with Gasteiger partial charge in [-0.05, 0) is 106 Å². The molecule has 1 saturated heterocycles. The molecule has 0 unspecified atom stereocenters. The number of amides is 2. The fourth-order valence-electron chi connectivity index (χ4n) is 7.37. The minimum atomic E-state index is -0.957. The van der Waals surface area contributed by atoms with Crippen molar-refractivity contribution in [3.05, 3.63) is 77.6 Å². The fraction of sp³-hybridized carbons (Fsp3) is 0.488. The van der Waals surface area contributed by atoms with Gasteiger partial charge in [-0.2, -0.15) is 0 Å². The highest BCUT2D eigenvalue weighted by Gasteiger charge is 2.34. The van der Waals surface area contributed by atoms with Crippen LogP contribution in [0.5, 0.6) is 0 Å². The number of likely N-dealkylation sites (tertiary alicyclic amines) is 1. The second-order valence-corrected chi connectivity index (χ2v) is 16.2. The normalized spacial score (nSPS) is 16.2. The number of nitrogens with one attached hydrogen (secondary N) is 1. The molecular weight excluding hydrogens is 684 g/mol. The van der Waals surface area contributed by atoms with E-state index in [4.69, 9.17) is 14.5 Å². The Morgan fingerprint density at radius 1 is 1.04 bits per heavy atom. The highest BCUT2D eigenvalue weighted by Crippen LogP contribution is 2.41. The van der Waals surface area contributed by atoms with Gasteiger partial charge in [-0.1, -0.05) is 44.2 Å². The van der Waals surface area contributed by atoms with Crippen LogP contribution in [-0.2, 0) is 38.4 Å². The molecule has 11 nitrogen and oxygen atoms in total. The summed E-state index contributed by atoms with van der Waals surface area (Å²) in [5.74, 6) is -1.91. The lowest BCUT2D eigenvalue weighted by atomic mass is 9.84. The topological polar surface area (TPSA) is 143 Å². The Bertz CT molecular complexity index is 1980. The van der Waals surface area contributed by atoms with E-state index in [9.17, 15) is 24.6 Å². The number of ether oxygens (including phenoxy) is 2. The summed E-state index contributed by atoms with van der Waals surface area (Å²) >= 11 is 0. The molecule has 3 heterocycles. The number of hydrogen-bond donors (Lipinski definition) is 3. The van der Waals surface area contributed by atoms with Crippen molar-refractivity contribution < 1.29 is 34.1 Å². The highest BCUT2D eigenvalue weighted by atomic mass is 16.6. The zero-order chi connectivity index (χ0) is 39.4. The zero-order valence-corrected chi connectivity index (χ0v) is 32.9. The first-order valence-corrected chi connectivity index (χ1v) is 18.9. The number of aryl methyl sites for hydroxylation is 1. The van der Waals surface area contributed by atoms with Crippen molar-refractivity contribution in [3.63, 3.8) is 0 Å². The monoisotopic (exact) mass is 740 g/mol. The number of hydrogen-bond acceptors (Lipinski definition) is 7. The molecule has 290 valence electrons. The number of carbonyl (C=O) groups excluding carboxylic acids is 2. The van der Waals surface area contributed by atoms with Crippen molar-refractivity contribution in [1.82, 2.24) is 19.8 Å². The predicted octanol–water partition coefficient (Wildman–Crippen LogP) is 7.42. The molecule has 0 radical (unpaired) electrons. The lowest BCUT2D eigenvalue weighted by molar-refractivity contribution is -0.146. The van der Waals surface area contributed by atoms with Gasteiger partial charge in [0.2, 0.25) is 5.91 Å². The first-order chi connectivity index (χ1) is 25.6. The molecular formula is C43H56N4O7. The molecule has 54 heavy (non-hydrogen) atoms. The Kier molecular flexibility index (Phi) is 12.5. The number of pyridine rings is 1. The van der Waals surface area contributed by atoms with E-state index in [1.807, 2.05) is 37.3 Å². The average Bonchev–Trinajstić information content (AvgIpc) is 3.44. The first-order valence-electron chi connectivity index (χ1n) is 18.9. The Morgan fingerprint density at radius 2 is 1.78 bits per heavy atom. The smallest absolute Gasteiger partial charge is 0.408 e. The third kappa shape index (κ3) is 9.30. The first kappa shape index (κ1) is 40.4. The minimum absolute atomic E-state index is 0.0208. The summed E-state index contributed by atoms with van der Waals surface area (Å²) in [4.78, 5) is 45.0. The molecule has 0 aliphatic carbocycles. The molecule has 0 saturated carbocycles. The van der Waals surface area contributed by atoms with Crippen LogP contribution in [0.2, 0.25) is 0 Å².